The van der Waals surface area contributed by atoms with E-state index in [1.807, 2.05) is 0 Å². The summed E-state index contributed by atoms with van der Waals surface area (Å²) in [5.41, 5.74) is 3.81. The van der Waals surface area contributed by atoms with Gasteiger partial charge >= 0.3 is 6.18 Å². The van der Waals surface area contributed by atoms with E-state index in [1.165, 1.54) is 12.1 Å². The number of nitriles is 1. The number of hydrogen-bond donors (Lipinski definition) is 1. The molecule has 23 heavy (non-hydrogen) atoms. The van der Waals surface area contributed by atoms with E-state index < -0.39 is 17.6 Å². The number of rotatable bonds is 3. The van der Waals surface area contributed by atoms with Gasteiger partial charge in [-0.25, -0.2) is 0 Å². The van der Waals surface area contributed by atoms with Crippen LogP contribution in [0, 0.1) is 11.3 Å². The van der Waals surface area contributed by atoms with Crippen molar-refractivity contribution < 1.29 is 22.4 Å². The van der Waals surface area contributed by atoms with Crippen LogP contribution in [0.2, 0.25) is 5.02 Å². The molecule has 0 bridgehead atoms. The zero-order chi connectivity index (χ0) is 17.2. The predicted octanol–water partition coefficient (Wildman–Crippen LogP) is 4.01. The van der Waals surface area contributed by atoms with Gasteiger partial charge in [0.1, 0.15) is 23.2 Å². The Morgan fingerprint density at radius 1 is 1.30 bits per heavy atom. The van der Waals surface area contributed by atoms with Gasteiger partial charge in [-0.05, 0) is 30.3 Å². The van der Waals surface area contributed by atoms with Gasteiger partial charge in [0, 0.05) is 11.6 Å². The average molecular weight is 341 g/mol. The fourth-order valence-corrected chi connectivity index (χ4v) is 1.98. The van der Waals surface area contributed by atoms with E-state index in [1.54, 1.807) is 6.07 Å². The van der Waals surface area contributed by atoms with Crippen molar-refractivity contribution in [2.45, 2.75) is 6.18 Å². The van der Waals surface area contributed by atoms with Crippen LogP contribution in [0.15, 0.2) is 40.3 Å². The second-order valence-corrected chi connectivity index (χ2v) is 4.84. The molecule has 0 unspecified atom stereocenters. The molecule has 0 atom stereocenters. The van der Waals surface area contributed by atoms with E-state index in [-0.39, 0.29) is 27.7 Å². The molecule has 0 aliphatic heterocycles. The topological polar surface area (TPSA) is 80.0 Å². The molecular weight excluding hydrogens is 333 g/mol. The number of carbonyl (C=O) groups is 1. The molecule has 1 aromatic carbocycles. The second kappa shape index (κ2) is 6.18. The number of halogens is 4. The standard InChI is InChI=1S/C15H8ClF3N2O2/c16-12-3-1-9(15(17,18)19)6-11(12)13-4-2-10(23-13)5-8(7-20)14(21)22/h1-6H,(H2,21,22)/b8-5+. The molecule has 4 nitrogen and oxygen atoms in total. The van der Waals surface area contributed by atoms with Crippen LogP contribution in [0.5, 0.6) is 0 Å². The summed E-state index contributed by atoms with van der Waals surface area (Å²) in [6.45, 7) is 0. The summed E-state index contributed by atoms with van der Waals surface area (Å²) in [7, 11) is 0. The van der Waals surface area contributed by atoms with Gasteiger partial charge in [0.05, 0.1) is 10.6 Å². The Bertz CT molecular complexity index is 832. The minimum Gasteiger partial charge on any atom is -0.457 e. The fourth-order valence-electron chi connectivity index (χ4n) is 1.77. The first-order valence-corrected chi connectivity index (χ1v) is 6.48. The van der Waals surface area contributed by atoms with Gasteiger partial charge in [-0.3, -0.25) is 4.79 Å². The van der Waals surface area contributed by atoms with Crippen LogP contribution in [-0.4, -0.2) is 5.91 Å². The Labute approximate surface area is 133 Å². The van der Waals surface area contributed by atoms with E-state index in [0.717, 1.165) is 24.3 Å². The van der Waals surface area contributed by atoms with Crippen molar-refractivity contribution in [2.75, 3.05) is 0 Å². The summed E-state index contributed by atoms with van der Waals surface area (Å²) < 4.78 is 43.6. The molecule has 0 saturated carbocycles. The summed E-state index contributed by atoms with van der Waals surface area (Å²) in [5, 5.41) is 8.81. The molecule has 1 amide bonds. The van der Waals surface area contributed by atoms with E-state index in [9.17, 15) is 18.0 Å². The molecule has 1 heterocycles. The van der Waals surface area contributed by atoms with Crippen LogP contribution in [0.25, 0.3) is 17.4 Å². The zero-order valence-electron chi connectivity index (χ0n) is 11.3. The first-order valence-electron chi connectivity index (χ1n) is 6.11. The summed E-state index contributed by atoms with van der Waals surface area (Å²) >= 11 is 5.90. The molecule has 2 rings (SSSR count). The third-order valence-corrected chi connectivity index (χ3v) is 3.19. The van der Waals surface area contributed by atoms with Gasteiger partial charge in [0.2, 0.25) is 0 Å². The van der Waals surface area contributed by atoms with Gasteiger partial charge in [-0.1, -0.05) is 11.6 Å². The quantitative estimate of drug-likeness (QED) is 0.677. The lowest BCUT2D eigenvalue weighted by Crippen LogP contribution is -2.12. The van der Waals surface area contributed by atoms with E-state index in [0.29, 0.717) is 0 Å². The number of amides is 1. The first-order chi connectivity index (χ1) is 10.7. The molecule has 8 heteroatoms. The number of carbonyl (C=O) groups excluding carboxylic acids is 1. The van der Waals surface area contributed by atoms with Gasteiger partial charge in [0.15, 0.2) is 0 Å². The van der Waals surface area contributed by atoms with Crippen LogP contribution < -0.4 is 5.73 Å². The Kier molecular flexibility index (Phi) is 4.48. The van der Waals surface area contributed by atoms with E-state index in [4.69, 9.17) is 27.0 Å². The maximum atomic E-state index is 12.8. The molecule has 0 aliphatic rings. The lowest BCUT2D eigenvalue weighted by atomic mass is 10.1. The smallest absolute Gasteiger partial charge is 0.416 e. The zero-order valence-corrected chi connectivity index (χ0v) is 12.1. The minimum absolute atomic E-state index is 0.0405. The number of furan rings is 1. The van der Waals surface area contributed by atoms with E-state index >= 15 is 0 Å². The predicted molar refractivity (Wildman–Crippen MR) is 76.9 cm³/mol. The fraction of sp³-hybridized carbons (Fsp3) is 0.0667. The first kappa shape index (κ1) is 16.6. The van der Waals surface area contributed by atoms with Crippen molar-refractivity contribution in [1.29, 1.82) is 5.26 Å². The van der Waals surface area contributed by atoms with Crippen molar-refractivity contribution in [1.82, 2.24) is 0 Å². The summed E-state index contributed by atoms with van der Waals surface area (Å²) in [5.74, 6) is -0.791. The number of nitrogens with two attached hydrogens (primary N) is 1. The Hall–Kier alpha value is -2.72. The molecule has 1 aromatic heterocycles. The van der Waals surface area contributed by atoms with Crippen molar-refractivity contribution in [3.8, 4) is 17.4 Å². The number of alkyl halides is 3. The summed E-state index contributed by atoms with van der Waals surface area (Å²) in [6, 6.07) is 7.18. The van der Waals surface area contributed by atoms with Crippen molar-refractivity contribution in [2.24, 2.45) is 5.73 Å². The van der Waals surface area contributed by atoms with Gasteiger partial charge in [-0.15, -0.1) is 0 Å². The Morgan fingerprint density at radius 3 is 2.57 bits per heavy atom. The molecular formula is C15H8ClF3N2O2. The molecule has 0 aliphatic carbocycles. The lowest BCUT2D eigenvalue weighted by molar-refractivity contribution is -0.137. The van der Waals surface area contributed by atoms with Crippen LogP contribution in [0.4, 0.5) is 13.2 Å². The number of hydrogen-bond acceptors (Lipinski definition) is 3. The summed E-state index contributed by atoms with van der Waals surface area (Å²) in [4.78, 5) is 11.0. The largest absolute Gasteiger partial charge is 0.457 e. The van der Waals surface area contributed by atoms with Crippen LogP contribution in [0.3, 0.4) is 0 Å². The maximum absolute atomic E-state index is 12.8. The monoisotopic (exact) mass is 340 g/mol. The number of nitrogens with zero attached hydrogens (tertiary/aromatic N) is 1. The van der Waals surface area contributed by atoms with Crippen molar-refractivity contribution >= 4 is 23.6 Å². The second-order valence-electron chi connectivity index (χ2n) is 4.43. The van der Waals surface area contributed by atoms with E-state index in [2.05, 4.69) is 0 Å². The molecule has 2 N–H and O–H groups in total. The maximum Gasteiger partial charge on any atom is 0.416 e. The number of primary amides is 1. The minimum atomic E-state index is -4.52. The highest BCUT2D eigenvalue weighted by molar-refractivity contribution is 6.33. The Balaban J connectivity index is 2.46. The third kappa shape index (κ3) is 3.73. The molecule has 2 aromatic rings. The SMILES string of the molecule is N#C/C(=C\c1ccc(-c2cc(C(F)(F)F)ccc2Cl)o1)C(N)=O. The van der Waals surface area contributed by atoms with Crippen molar-refractivity contribution in [3.05, 3.63) is 52.3 Å². The Morgan fingerprint density at radius 2 is 2.00 bits per heavy atom. The normalized spacial score (nSPS) is 12.0. The lowest BCUT2D eigenvalue weighted by Gasteiger charge is -2.09. The average Bonchev–Trinajstić information content (AvgIpc) is 2.92. The highest BCUT2D eigenvalue weighted by Gasteiger charge is 2.31. The van der Waals surface area contributed by atoms with Crippen LogP contribution in [0.1, 0.15) is 11.3 Å². The molecule has 0 saturated heterocycles. The van der Waals surface area contributed by atoms with Crippen LogP contribution >= 0.6 is 11.6 Å². The van der Waals surface area contributed by atoms with Crippen LogP contribution in [-0.2, 0) is 11.0 Å². The van der Waals surface area contributed by atoms with Gasteiger partial charge < -0.3 is 10.2 Å². The summed E-state index contributed by atoms with van der Waals surface area (Å²) in [6.07, 6.45) is -3.43. The highest BCUT2D eigenvalue weighted by Crippen LogP contribution is 2.36. The van der Waals surface area contributed by atoms with Gasteiger partial charge in [0.25, 0.3) is 5.91 Å². The molecule has 0 spiro atoms. The van der Waals surface area contributed by atoms with Gasteiger partial charge in [-0.2, -0.15) is 18.4 Å². The molecule has 118 valence electrons. The number of benzene rings is 1. The van der Waals surface area contributed by atoms with Crippen molar-refractivity contribution in [3.63, 3.8) is 0 Å². The third-order valence-electron chi connectivity index (χ3n) is 2.86. The molecule has 0 fully saturated rings. The molecule has 0 radical (unpaired) electrons. The highest BCUT2D eigenvalue weighted by atomic mass is 35.5.